The zero-order valence-electron chi connectivity index (χ0n) is 18.2. The van der Waals surface area contributed by atoms with Crippen molar-refractivity contribution in [2.24, 2.45) is 0 Å². The van der Waals surface area contributed by atoms with E-state index in [1.54, 1.807) is 30.3 Å². The second-order valence-corrected chi connectivity index (χ2v) is 8.35. The predicted molar refractivity (Wildman–Crippen MR) is 130 cm³/mol. The molecule has 4 rings (SSSR count). The number of methoxy groups -OCH3 is 1. The summed E-state index contributed by atoms with van der Waals surface area (Å²) < 4.78 is 4.73. The summed E-state index contributed by atoms with van der Waals surface area (Å²) in [6.07, 6.45) is 0. The van der Waals surface area contributed by atoms with Crippen LogP contribution in [0.4, 0.5) is 5.69 Å². The summed E-state index contributed by atoms with van der Waals surface area (Å²) in [5, 5.41) is 20.6. The first kappa shape index (κ1) is 24.0. The Balaban J connectivity index is 1.95. The fourth-order valence-electron chi connectivity index (χ4n) is 3.88. The van der Waals surface area contributed by atoms with Gasteiger partial charge in [-0.2, -0.15) is 5.26 Å². The number of nitrogens with zero attached hydrogens (tertiary/aromatic N) is 2. The summed E-state index contributed by atoms with van der Waals surface area (Å²) in [6, 6.07) is 17.7. The first-order chi connectivity index (χ1) is 16.8. The number of rotatable bonds is 4. The number of nitriles is 1. The van der Waals surface area contributed by atoms with Crippen molar-refractivity contribution >= 4 is 52.3 Å². The molecule has 1 aliphatic heterocycles. The summed E-state index contributed by atoms with van der Waals surface area (Å²) in [6.45, 7) is 0. The zero-order valence-corrected chi connectivity index (χ0v) is 19.7. The van der Waals surface area contributed by atoms with Crippen LogP contribution in [0.1, 0.15) is 33.1 Å². The number of benzene rings is 3. The Morgan fingerprint density at radius 1 is 1.03 bits per heavy atom. The molecule has 3 aromatic rings. The Bertz CT molecular complexity index is 1440. The fourth-order valence-corrected chi connectivity index (χ4v) is 4.32. The number of Topliss-reactive ketones (excluding diaryl/α,β-unsaturated/α-hetero) is 1. The van der Waals surface area contributed by atoms with Gasteiger partial charge >= 0.3 is 5.97 Å². The molecule has 0 aromatic heterocycles. The number of ether oxygens (including phenoxy) is 1. The van der Waals surface area contributed by atoms with Gasteiger partial charge in [-0.25, -0.2) is 4.79 Å². The molecule has 1 unspecified atom stereocenters. The van der Waals surface area contributed by atoms with E-state index in [-0.39, 0.29) is 38.0 Å². The number of hydrogen-bond acceptors (Lipinski definition) is 6. The number of carbonyl (C=O) groups is 3. The first-order valence-electron chi connectivity index (χ1n) is 10.2. The standard InChI is InChI=1S/C26H16Cl2N2O5/c1-35-26(34)15-8-6-14(7-9-15)22-21(23(31)18-4-2-3-5-19(18)27)24(32)25(33)30(22)17-11-10-16(13-29)20(28)12-17/h2-12,22,31H,1H3. The monoisotopic (exact) mass is 506 g/mol. The summed E-state index contributed by atoms with van der Waals surface area (Å²) in [5.41, 5.74) is 1.14. The van der Waals surface area contributed by atoms with Gasteiger partial charge in [-0.1, -0.05) is 47.5 Å². The third-order valence-electron chi connectivity index (χ3n) is 5.57. The van der Waals surface area contributed by atoms with Crippen molar-refractivity contribution in [3.05, 3.63) is 105 Å². The molecule has 0 aliphatic carbocycles. The highest BCUT2D eigenvalue weighted by molar-refractivity contribution is 6.52. The van der Waals surface area contributed by atoms with Crippen molar-refractivity contribution in [3.8, 4) is 6.07 Å². The number of amides is 1. The van der Waals surface area contributed by atoms with E-state index in [2.05, 4.69) is 0 Å². The Morgan fingerprint density at radius 2 is 1.71 bits per heavy atom. The third-order valence-corrected chi connectivity index (χ3v) is 6.21. The predicted octanol–water partition coefficient (Wildman–Crippen LogP) is 5.28. The van der Waals surface area contributed by atoms with Gasteiger partial charge in [0.25, 0.3) is 11.7 Å². The van der Waals surface area contributed by atoms with Crippen LogP contribution in [0.2, 0.25) is 10.0 Å². The SMILES string of the molecule is COC(=O)c1ccc(C2C(=C(O)c3ccccc3Cl)C(=O)C(=O)N2c2ccc(C#N)c(Cl)c2)cc1. The van der Waals surface area contributed by atoms with E-state index in [1.165, 1.54) is 48.4 Å². The lowest BCUT2D eigenvalue weighted by atomic mass is 9.94. The van der Waals surface area contributed by atoms with E-state index in [1.807, 2.05) is 6.07 Å². The zero-order chi connectivity index (χ0) is 25.3. The van der Waals surface area contributed by atoms with Crippen molar-refractivity contribution < 1.29 is 24.2 Å². The third kappa shape index (κ3) is 4.26. The van der Waals surface area contributed by atoms with Crippen molar-refractivity contribution in [3.63, 3.8) is 0 Å². The van der Waals surface area contributed by atoms with Crippen LogP contribution in [0.3, 0.4) is 0 Å². The average Bonchev–Trinajstić information content (AvgIpc) is 3.13. The minimum atomic E-state index is -1.07. The van der Waals surface area contributed by atoms with Crippen LogP contribution >= 0.6 is 23.2 Å². The van der Waals surface area contributed by atoms with Crippen molar-refractivity contribution in [1.82, 2.24) is 0 Å². The van der Waals surface area contributed by atoms with Crippen molar-refractivity contribution in [1.29, 1.82) is 5.26 Å². The van der Waals surface area contributed by atoms with Gasteiger partial charge in [-0.15, -0.1) is 0 Å². The number of ketones is 1. The van der Waals surface area contributed by atoms with Gasteiger partial charge in [-0.3, -0.25) is 14.5 Å². The first-order valence-corrected chi connectivity index (χ1v) is 11.0. The summed E-state index contributed by atoms with van der Waals surface area (Å²) in [7, 11) is 1.25. The highest BCUT2D eigenvalue weighted by atomic mass is 35.5. The van der Waals surface area contributed by atoms with Crippen LogP contribution in [0.25, 0.3) is 5.76 Å². The maximum atomic E-state index is 13.2. The molecular weight excluding hydrogens is 491 g/mol. The minimum Gasteiger partial charge on any atom is -0.507 e. The Morgan fingerprint density at radius 3 is 2.31 bits per heavy atom. The topological polar surface area (TPSA) is 108 Å². The van der Waals surface area contributed by atoms with Crippen molar-refractivity contribution in [2.75, 3.05) is 12.0 Å². The summed E-state index contributed by atoms with van der Waals surface area (Å²) >= 11 is 12.4. The molecule has 1 saturated heterocycles. The normalized spacial score (nSPS) is 16.7. The van der Waals surface area contributed by atoms with E-state index >= 15 is 0 Å². The van der Waals surface area contributed by atoms with Gasteiger partial charge in [0.15, 0.2) is 0 Å². The lowest BCUT2D eigenvalue weighted by Crippen LogP contribution is -2.29. The summed E-state index contributed by atoms with van der Waals surface area (Å²) in [5.74, 6) is -2.83. The Kier molecular flexibility index (Phi) is 6.61. The van der Waals surface area contributed by atoms with E-state index in [4.69, 9.17) is 27.9 Å². The van der Waals surface area contributed by atoms with Crippen LogP contribution in [0.15, 0.2) is 72.3 Å². The van der Waals surface area contributed by atoms with Gasteiger partial charge in [0.05, 0.1) is 39.9 Å². The van der Waals surface area contributed by atoms with Gasteiger partial charge in [0, 0.05) is 11.3 Å². The molecule has 0 bridgehead atoms. The summed E-state index contributed by atoms with van der Waals surface area (Å²) in [4.78, 5) is 39.5. The van der Waals surface area contributed by atoms with E-state index in [0.29, 0.717) is 5.56 Å². The lowest BCUT2D eigenvalue weighted by Gasteiger charge is -2.26. The van der Waals surface area contributed by atoms with Gasteiger partial charge in [-0.05, 0) is 48.0 Å². The number of hydrogen-bond donors (Lipinski definition) is 1. The highest BCUT2D eigenvalue weighted by Crippen LogP contribution is 2.43. The second kappa shape index (κ2) is 9.63. The highest BCUT2D eigenvalue weighted by Gasteiger charge is 2.47. The van der Waals surface area contributed by atoms with Crippen molar-refractivity contribution in [2.45, 2.75) is 6.04 Å². The molecule has 1 fully saturated rings. The molecule has 7 nitrogen and oxygen atoms in total. The molecule has 174 valence electrons. The number of halogens is 2. The maximum absolute atomic E-state index is 13.2. The van der Waals surface area contributed by atoms with E-state index < -0.39 is 29.5 Å². The minimum absolute atomic E-state index is 0.0952. The van der Waals surface area contributed by atoms with Gasteiger partial charge < -0.3 is 9.84 Å². The molecule has 1 atom stereocenters. The number of anilines is 1. The lowest BCUT2D eigenvalue weighted by molar-refractivity contribution is -0.132. The molecule has 1 N–H and O–H groups in total. The van der Waals surface area contributed by atoms with Crippen LogP contribution in [0, 0.1) is 11.3 Å². The maximum Gasteiger partial charge on any atom is 0.337 e. The number of aliphatic hydroxyl groups is 1. The second-order valence-electron chi connectivity index (χ2n) is 7.54. The fraction of sp³-hybridized carbons (Fsp3) is 0.0769. The molecule has 9 heteroatoms. The molecule has 35 heavy (non-hydrogen) atoms. The molecule has 1 amide bonds. The number of aliphatic hydroxyl groups excluding tert-OH is 1. The van der Waals surface area contributed by atoms with Gasteiger partial charge in [0.1, 0.15) is 11.8 Å². The Labute approximate surface area is 210 Å². The number of esters is 1. The molecular formula is C26H16Cl2N2O5. The van der Waals surface area contributed by atoms with E-state index in [9.17, 15) is 24.8 Å². The van der Waals surface area contributed by atoms with Crippen LogP contribution in [-0.2, 0) is 14.3 Å². The van der Waals surface area contributed by atoms with Crippen LogP contribution < -0.4 is 4.90 Å². The smallest absolute Gasteiger partial charge is 0.337 e. The molecule has 0 spiro atoms. The Hall–Kier alpha value is -4.12. The largest absolute Gasteiger partial charge is 0.507 e. The molecule has 0 radical (unpaired) electrons. The van der Waals surface area contributed by atoms with Crippen LogP contribution in [-0.4, -0.2) is 29.9 Å². The molecule has 1 aliphatic rings. The molecule has 0 saturated carbocycles. The van der Waals surface area contributed by atoms with Gasteiger partial charge in [0.2, 0.25) is 0 Å². The van der Waals surface area contributed by atoms with E-state index in [0.717, 1.165) is 0 Å². The number of carbonyl (C=O) groups excluding carboxylic acids is 3. The quantitative estimate of drug-likeness (QED) is 0.223. The average molecular weight is 507 g/mol. The molecule has 3 aromatic carbocycles. The molecule has 1 heterocycles. The van der Waals surface area contributed by atoms with Crippen LogP contribution in [0.5, 0.6) is 0 Å².